The van der Waals surface area contributed by atoms with Gasteiger partial charge in [-0.1, -0.05) is 35.3 Å². The second kappa shape index (κ2) is 8.10. The molecular weight excluding hydrogens is 413 g/mol. The number of hydrogen-bond acceptors (Lipinski definition) is 2. The number of imidazole rings is 1. The van der Waals surface area contributed by atoms with Crippen molar-refractivity contribution in [2.24, 2.45) is 0 Å². The summed E-state index contributed by atoms with van der Waals surface area (Å²) in [5, 5.41) is 9.43. The molecule has 1 heterocycles. The van der Waals surface area contributed by atoms with Gasteiger partial charge >= 0.3 is 0 Å². The Morgan fingerprint density at radius 2 is 1.71 bits per heavy atom. The minimum absolute atomic E-state index is 0. The van der Waals surface area contributed by atoms with Crippen LogP contribution < -0.4 is 10.4 Å². The maximum atomic E-state index is 8.36. The minimum Gasteiger partial charge on any atom is -0.490 e. The quantitative estimate of drug-likeness (QED) is 0.614. The number of nitrogens with zero attached hydrogens (tertiary/aromatic N) is 2. The molecule has 3 aromatic rings. The summed E-state index contributed by atoms with van der Waals surface area (Å²) in [6.45, 7) is 3.80. The van der Waals surface area contributed by atoms with E-state index in [4.69, 9.17) is 33.3 Å². The van der Waals surface area contributed by atoms with Gasteiger partial charge in [-0.3, -0.25) is 5.41 Å². The lowest BCUT2D eigenvalue weighted by molar-refractivity contribution is 0.297. The molecule has 0 saturated heterocycles. The molecular formula is C17H18BrCl2N3O. The second-order valence-corrected chi connectivity index (χ2v) is 5.98. The van der Waals surface area contributed by atoms with Gasteiger partial charge in [-0.2, -0.15) is 0 Å². The number of aryl methyl sites for hydroxylation is 1. The SMILES string of the molecule is Br.CCn1c(=N)n(CCOc2ccc(Cl)cc2Cl)c2ccccc21. The Morgan fingerprint density at radius 3 is 2.33 bits per heavy atom. The van der Waals surface area contributed by atoms with Crippen molar-refractivity contribution in [3.8, 4) is 5.75 Å². The molecule has 24 heavy (non-hydrogen) atoms. The smallest absolute Gasteiger partial charge is 0.203 e. The Hall–Kier alpha value is -1.43. The van der Waals surface area contributed by atoms with Gasteiger partial charge in [0.2, 0.25) is 5.62 Å². The molecule has 1 N–H and O–H groups in total. The van der Waals surface area contributed by atoms with Gasteiger partial charge in [-0.05, 0) is 37.3 Å². The van der Waals surface area contributed by atoms with Crippen LogP contribution in [-0.4, -0.2) is 15.7 Å². The topological polar surface area (TPSA) is 42.9 Å². The number of benzene rings is 2. The largest absolute Gasteiger partial charge is 0.490 e. The Morgan fingerprint density at radius 1 is 1.04 bits per heavy atom. The molecule has 0 bridgehead atoms. The first-order chi connectivity index (χ1) is 11.1. The maximum absolute atomic E-state index is 8.36. The summed E-state index contributed by atoms with van der Waals surface area (Å²) in [5.74, 6) is 0.599. The number of nitrogens with one attached hydrogen (secondary N) is 1. The van der Waals surface area contributed by atoms with Gasteiger partial charge in [-0.25, -0.2) is 0 Å². The van der Waals surface area contributed by atoms with Crippen LogP contribution >= 0.6 is 40.2 Å². The lowest BCUT2D eigenvalue weighted by Gasteiger charge is -2.09. The van der Waals surface area contributed by atoms with Gasteiger partial charge in [0.15, 0.2) is 0 Å². The molecule has 4 nitrogen and oxygen atoms in total. The Kier molecular flexibility index (Phi) is 6.38. The van der Waals surface area contributed by atoms with Crippen molar-refractivity contribution in [2.45, 2.75) is 20.0 Å². The average molecular weight is 431 g/mol. The van der Waals surface area contributed by atoms with Crippen LogP contribution in [0.3, 0.4) is 0 Å². The standard InChI is InChI=1S/C17H17Cl2N3O.BrH/c1-2-21-14-5-3-4-6-15(14)22(17(21)20)9-10-23-16-8-7-12(18)11-13(16)19;/h3-8,11,20H,2,9-10H2,1H3;1H. The van der Waals surface area contributed by atoms with E-state index in [2.05, 4.69) is 0 Å². The van der Waals surface area contributed by atoms with Crippen LogP contribution in [0.25, 0.3) is 11.0 Å². The molecule has 0 saturated carbocycles. The van der Waals surface area contributed by atoms with Gasteiger partial charge in [0, 0.05) is 11.6 Å². The first-order valence-corrected chi connectivity index (χ1v) is 8.18. The Labute approximate surface area is 160 Å². The van der Waals surface area contributed by atoms with Gasteiger partial charge in [0.05, 0.1) is 22.6 Å². The molecule has 0 aliphatic heterocycles. The molecule has 2 aromatic carbocycles. The fourth-order valence-corrected chi connectivity index (χ4v) is 3.14. The number of hydrogen-bond donors (Lipinski definition) is 1. The molecule has 0 unspecified atom stereocenters. The summed E-state index contributed by atoms with van der Waals surface area (Å²) in [5.41, 5.74) is 2.56. The molecule has 1 aromatic heterocycles. The van der Waals surface area contributed by atoms with Crippen LogP contribution in [0, 0.1) is 5.41 Å². The number of fused-ring (bicyclic) bond motifs is 1. The molecule has 0 amide bonds. The summed E-state index contributed by atoms with van der Waals surface area (Å²) in [7, 11) is 0. The molecule has 0 spiro atoms. The maximum Gasteiger partial charge on any atom is 0.203 e. The summed E-state index contributed by atoms with van der Waals surface area (Å²) in [6, 6.07) is 13.2. The first-order valence-electron chi connectivity index (χ1n) is 7.42. The van der Waals surface area contributed by atoms with Crippen molar-refractivity contribution >= 4 is 51.2 Å². The number of ether oxygens (including phenoxy) is 1. The van der Waals surface area contributed by atoms with E-state index >= 15 is 0 Å². The average Bonchev–Trinajstić information content (AvgIpc) is 2.81. The van der Waals surface area contributed by atoms with Crippen LogP contribution in [0.15, 0.2) is 42.5 Å². The number of para-hydroxylation sites is 2. The number of halogens is 3. The molecule has 0 atom stereocenters. The molecule has 128 valence electrons. The lowest BCUT2D eigenvalue weighted by Crippen LogP contribution is -2.26. The van der Waals surface area contributed by atoms with Gasteiger partial charge in [0.1, 0.15) is 12.4 Å². The second-order valence-electron chi connectivity index (χ2n) is 5.13. The number of rotatable bonds is 5. The van der Waals surface area contributed by atoms with Crippen molar-refractivity contribution < 1.29 is 4.74 Å². The number of aromatic nitrogens is 2. The first kappa shape index (κ1) is 18.9. The Balaban J connectivity index is 0.00000208. The zero-order valence-corrected chi connectivity index (χ0v) is 16.4. The third-order valence-corrected chi connectivity index (χ3v) is 4.29. The highest BCUT2D eigenvalue weighted by atomic mass is 79.9. The predicted molar refractivity (Wildman–Crippen MR) is 104 cm³/mol. The van der Waals surface area contributed by atoms with Crippen LogP contribution in [0.4, 0.5) is 0 Å². The van der Waals surface area contributed by atoms with Crippen molar-refractivity contribution in [2.75, 3.05) is 6.61 Å². The summed E-state index contributed by atoms with van der Waals surface area (Å²) < 4.78 is 9.66. The van der Waals surface area contributed by atoms with Crippen molar-refractivity contribution in [1.29, 1.82) is 5.41 Å². The highest BCUT2D eigenvalue weighted by molar-refractivity contribution is 8.93. The van der Waals surface area contributed by atoms with E-state index in [0.717, 1.165) is 17.6 Å². The van der Waals surface area contributed by atoms with E-state index < -0.39 is 0 Å². The monoisotopic (exact) mass is 429 g/mol. The van der Waals surface area contributed by atoms with Crippen LogP contribution in [0.2, 0.25) is 10.0 Å². The van der Waals surface area contributed by atoms with Gasteiger partial charge < -0.3 is 13.9 Å². The predicted octanol–water partition coefficient (Wildman–Crippen LogP) is 4.91. The van der Waals surface area contributed by atoms with E-state index in [-0.39, 0.29) is 17.0 Å². The van der Waals surface area contributed by atoms with Crippen LogP contribution in [-0.2, 0) is 13.1 Å². The van der Waals surface area contributed by atoms with Crippen molar-refractivity contribution in [1.82, 2.24) is 9.13 Å². The highest BCUT2D eigenvalue weighted by Gasteiger charge is 2.09. The van der Waals surface area contributed by atoms with E-state index in [9.17, 15) is 0 Å². The molecule has 0 radical (unpaired) electrons. The third kappa shape index (κ3) is 3.63. The van der Waals surface area contributed by atoms with E-state index in [1.165, 1.54) is 0 Å². The zero-order chi connectivity index (χ0) is 16.4. The van der Waals surface area contributed by atoms with Gasteiger partial charge in [0.25, 0.3) is 0 Å². The van der Waals surface area contributed by atoms with E-state index in [1.54, 1.807) is 18.2 Å². The van der Waals surface area contributed by atoms with Crippen LogP contribution in [0.5, 0.6) is 5.75 Å². The molecule has 7 heteroatoms. The summed E-state index contributed by atoms with van der Waals surface area (Å²) >= 11 is 12.0. The fourth-order valence-electron chi connectivity index (χ4n) is 2.68. The summed E-state index contributed by atoms with van der Waals surface area (Å²) in [4.78, 5) is 0. The fraction of sp³-hybridized carbons (Fsp3) is 0.235. The molecule has 0 fully saturated rings. The van der Waals surface area contributed by atoms with Gasteiger partial charge in [-0.15, -0.1) is 17.0 Å². The zero-order valence-electron chi connectivity index (χ0n) is 13.1. The normalized spacial score (nSPS) is 10.6. The van der Waals surface area contributed by atoms with Crippen molar-refractivity contribution in [3.05, 3.63) is 58.1 Å². The lowest BCUT2D eigenvalue weighted by atomic mass is 10.3. The Bertz CT molecular complexity index is 904. The van der Waals surface area contributed by atoms with E-state index in [0.29, 0.717) is 34.6 Å². The van der Waals surface area contributed by atoms with E-state index in [1.807, 2.05) is 40.3 Å². The van der Waals surface area contributed by atoms with Crippen molar-refractivity contribution in [3.63, 3.8) is 0 Å². The molecule has 0 aliphatic rings. The summed E-state index contributed by atoms with van der Waals surface area (Å²) in [6.07, 6.45) is 0. The van der Waals surface area contributed by atoms with Crippen LogP contribution in [0.1, 0.15) is 6.92 Å². The molecule has 0 aliphatic carbocycles. The molecule has 3 rings (SSSR count). The minimum atomic E-state index is 0. The third-order valence-electron chi connectivity index (χ3n) is 3.76. The highest BCUT2D eigenvalue weighted by Crippen LogP contribution is 2.27.